The normalized spacial score (nSPS) is 14.9. The number of piperazine rings is 1. The van der Waals surface area contributed by atoms with Crippen LogP contribution < -0.4 is 10.1 Å². The van der Waals surface area contributed by atoms with E-state index in [1.165, 1.54) is 51.5 Å². The first-order valence-corrected chi connectivity index (χ1v) is 11.7. The smallest absolute Gasteiger partial charge is 0.256 e. The van der Waals surface area contributed by atoms with E-state index < -0.39 is 15.8 Å². The topological polar surface area (TPSA) is 99.3 Å². The van der Waals surface area contributed by atoms with Crippen molar-refractivity contribution < 1.29 is 27.1 Å². The van der Waals surface area contributed by atoms with Crippen molar-refractivity contribution in [3.05, 3.63) is 53.8 Å². The van der Waals surface area contributed by atoms with Crippen molar-refractivity contribution in [2.45, 2.75) is 4.90 Å². The van der Waals surface area contributed by atoms with Crippen LogP contribution in [0.3, 0.4) is 0 Å². The lowest BCUT2D eigenvalue weighted by Crippen LogP contribution is -2.50. The number of ether oxygens (including phenoxy) is 1. The zero-order chi connectivity index (χ0) is 24.2. The fourth-order valence-corrected chi connectivity index (χ4v) is 4.55. The Morgan fingerprint density at radius 3 is 2.36 bits per heavy atom. The van der Waals surface area contributed by atoms with E-state index in [1.54, 1.807) is 17.0 Å². The highest BCUT2D eigenvalue weighted by molar-refractivity contribution is 7.89. The van der Waals surface area contributed by atoms with Gasteiger partial charge in [-0.25, -0.2) is 17.1 Å². The maximum Gasteiger partial charge on any atom is 0.256 e. The lowest BCUT2D eigenvalue weighted by molar-refractivity contribution is -0.117. The van der Waals surface area contributed by atoms with Gasteiger partial charge in [0.25, 0.3) is 5.91 Å². The monoisotopic (exact) mass is 478 g/mol. The SMILES string of the molecule is COc1ccc(NC(=O)CN2CCN(C(=O)c3ccccc3F)CC2)cc1S(=O)(=O)N(C)C. The van der Waals surface area contributed by atoms with Crippen LogP contribution in [-0.4, -0.2) is 88.3 Å². The van der Waals surface area contributed by atoms with E-state index in [1.807, 2.05) is 4.90 Å². The number of amides is 2. The summed E-state index contributed by atoms with van der Waals surface area (Å²) in [6.45, 7) is 1.72. The number of hydrogen-bond acceptors (Lipinski definition) is 6. The summed E-state index contributed by atoms with van der Waals surface area (Å²) < 4.78 is 45.2. The highest BCUT2D eigenvalue weighted by Gasteiger charge is 2.26. The van der Waals surface area contributed by atoms with Crippen LogP contribution >= 0.6 is 0 Å². The van der Waals surface area contributed by atoms with E-state index in [4.69, 9.17) is 4.74 Å². The molecule has 0 atom stereocenters. The lowest BCUT2D eigenvalue weighted by Gasteiger charge is -2.34. The highest BCUT2D eigenvalue weighted by Crippen LogP contribution is 2.28. The number of halogens is 1. The second-order valence-corrected chi connectivity index (χ2v) is 9.87. The molecule has 0 bridgehead atoms. The molecule has 0 unspecified atom stereocenters. The molecule has 0 saturated carbocycles. The third-order valence-electron chi connectivity index (χ3n) is 5.34. The van der Waals surface area contributed by atoms with Gasteiger partial charge in [-0.1, -0.05) is 12.1 Å². The van der Waals surface area contributed by atoms with Crippen LogP contribution in [0.15, 0.2) is 47.4 Å². The van der Waals surface area contributed by atoms with Crippen molar-refractivity contribution in [3.63, 3.8) is 0 Å². The first-order chi connectivity index (χ1) is 15.6. The molecule has 33 heavy (non-hydrogen) atoms. The Balaban J connectivity index is 1.59. The summed E-state index contributed by atoms with van der Waals surface area (Å²) in [4.78, 5) is 28.5. The molecule has 0 radical (unpaired) electrons. The van der Waals surface area contributed by atoms with E-state index in [-0.39, 0.29) is 34.6 Å². The fraction of sp³-hybridized carbons (Fsp3) is 0.364. The number of rotatable bonds is 7. The summed E-state index contributed by atoms with van der Waals surface area (Å²) in [6.07, 6.45) is 0. The van der Waals surface area contributed by atoms with Crippen molar-refractivity contribution in [2.75, 3.05) is 59.2 Å². The number of carbonyl (C=O) groups excluding carboxylic acids is 2. The average Bonchev–Trinajstić information content (AvgIpc) is 2.79. The van der Waals surface area contributed by atoms with Gasteiger partial charge in [-0.2, -0.15) is 0 Å². The maximum absolute atomic E-state index is 13.9. The van der Waals surface area contributed by atoms with E-state index >= 15 is 0 Å². The summed E-state index contributed by atoms with van der Waals surface area (Å²) in [6, 6.07) is 10.3. The van der Waals surface area contributed by atoms with Gasteiger partial charge in [0.15, 0.2) is 0 Å². The molecule has 11 heteroatoms. The molecule has 1 aliphatic rings. The van der Waals surface area contributed by atoms with Crippen LogP contribution in [0, 0.1) is 5.82 Å². The van der Waals surface area contributed by atoms with Crippen molar-refractivity contribution in [1.82, 2.24) is 14.1 Å². The molecule has 2 amide bonds. The van der Waals surface area contributed by atoms with Crippen molar-refractivity contribution >= 4 is 27.5 Å². The van der Waals surface area contributed by atoms with Gasteiger partial charge >= 0.3 is 0 Å². The summed E-state index contributed by atoms with van der Waals surface area (Å²) in [7, 11) is 0.437. The summed E-state index contributed by atoms with van der Waals surface area (Å²) in [5, 5.41) is 2.71. The highest BCUT2D eigenvalue weighted by atomic mass is 32.2. The minimum absolute atomic E-state index is 0.0340. The number of anilines is 1. The Hall–Kier alpha value is -3.02. The Morgan fingerprint density at radius 2 is 1.76 bits per heavy atom. The number of hydrogen-bond donors (Lipinski definition) is 1. The molecule has 1 N–H and O–H groups in total. The summed E-state index contributed by atoms with van der Waals surface area (Å²) in [5.41, 5.74) is 0.362. The Kier molecular flexibility index (Phi) is 7.67. The molecule has 0 spiro atoms. The van der Waals surface area contributed by atoms with Gasteiger partial charge in [-0.05, 0) is 30.3 Å². The van der Waals surface area contributed by atoms with Crippen LogP contribution in [0.5, 0.6) is 5.75 Å². The summed E-state index contributed by atoms with van der Waals surface area (Å²) in [5.74, 6) is -1.07. The third-order valence-corrected chi connectivity index (χ3v) is 7.17. The quantitative estimate of drug-likeness (QED) is 0.647. The molecule has 1 fully saturated rings. The van der Waals surface area contributed by atoms with Gasteiger partial charge in [-0.3, -0.25) is 14.5 Å². The molecule has 0 aliphatic carbocycles. The molecule has 2 aromatic rings. The van der Waals surface area contributed by atoms with Gasteiger partial charge in [-0.15, -0.1) is 0 Å². The van der Waals surface area contributed by atoms with E-state index in [2.05, 4.69) is 5.32 Å². The number of carbonyl (C=O) groups is 2. The minimum Gasteiger partial charge on any atom is -0.495 e. The predicted octanol–water partition coefficient (Wildman–Crippen LogP) is 1.48. The van der Waals surface area contributed by atoms with Gasteiger partial charge in [0, 0.05) is 46.0 Å². The first-order valence-electron chi connectivity index (χ1n) is 10.3. The van der Waals surface area contributed by atoms with E-state index in [0.717, 1.165) is 4.31 Å². The first kappa shape index (κ1) is 24.6. The number of methoxy groups -OCH3 is 1. The Labute approximate surface area is 192 Å². The molecule has 9 nitrogen and oxygen atoms in total. The van der Waals surface area contributed by atoms with Crippen LogP contribution in [0.4, 0.5) is 10.1 Å². The van der Waals surface area contributed by atoms with E-state index in [0.29, 0.717) is 31.9 Å². The third kappa shape index (κ3) is 5.67. The maximum atomic E-state index is 13.9. The fourth-order valence-electron chi connectivity index (χ4n) is 3.47. The van der Waals surface area contributed by atoms with Crippen molar-refractivity contribution in [1.29, 1.82) is 0 Å². The standard InChI is InChI=1S/C22H27FN4O5S/c1-25(2)33(30,31)20-14-16(8-9-19(20)32-3)24-21(28)15-26-10-12-27(13-11-26)22(29)17-6-4-5-7-18(17)23/h4-9,14H,10-13,15H2,1-3H3,(H,24,28). The van der Waals surface area contributed by atoms with Crippen LogP contribution in [0.1, 0.15) is 10.4 Å². The molecule has 3 rings (SSSR count). The zero-order valence-corrected chi connectivity index (χ0v) is 19.6. The number of nitrogens with one attached hydrogen (secondary N) is 1. The van der Waals surface area contributed by atoms with Crippen molar-refractivity contribution in [3.8, 4) is 5.75 Å². The molecular formula is C22H27FN4O5S. The minimum atomic E-state index is -3.76. The second kappa shape index (κ2) is 10.3. The van der Waals surface area contributed by atoms with Crippen LogP contribution in [-0.2, 0) is 14.8 Å². The zero-order valence-electron chi connectivity index (χ0n) is 18.7. The second-order valence-electron chi connectivity index (χ2n) is 7.75. The van der Waals surface area contributed by atoms with Gasteiger partial charge in [0.1, 0.15) is 16.5 Å². The molecular weight excluding hydrogens is 451 g/mol. The lowest BCUT2D eigenvalue weighted by atomic mass is 10.1. The Morgan fingerprint density at radius 1 is 1.09 bits per heavy atom. The van der Waals surface area contributed by atoms with Crippen LogP contribution in [0.25, 0.3) is 0 Å². The summed E-state index contributed by atoms with van der Waals surface area (Å²) >= 11 is 0. The number of nitrogens with zero attached hydrogens (tertiary/aromatic N) is 3. The average molecular weight is 479 g/mol. The van der Waals surface area contributed by atoms with Gasteiger partial charge in [0.05, 0.1) is 19.2 Å². The van der Waals surface area contributed by atoms with E-state index in [9.17, 15) is 22.4 Å². The largest absolute Gasteiger partial charge is 0.495 e. The van der Waals surface area contributed by atoms with Gasteiger partial charge < -0.3 is 15.0 Å². The van der Waals surface area contributed by atoms with Crippen molar-refractivity contribution in [2.24, 2.45) is 0 Å². The predicted molar refractivity (Wildman–Crippen MR) is 121 cm³/mol. The molecule has 178 valence electrons. The molecule has 0 aromatic heterocycles. The molecule has 1 saturated heterocycles. The van der Waals surface area contributed by atoms with Gasteiger partial charge in [0.2, 0.25) is 15.9 Å². The molecule has 1 heterocycles. The van der Waals surface area contributed by atoms with Crippen LogP contribution in [0.2, 0.25) is 0 Å². The molecule has 1 aliphatic heterocycles. The number of benzene rings is 2. The molecule has 2 aromatic carbocycles. The Bertz CT molecular complexity index is 1130. The number of sulfonamides is 1.